The SMILES string of the molecule is CNc1nc(NC2CCCNC2=O)cc(C(F)(F)F)n1. The molecule has 20 heavy (non-hydrogen) atoms. The number of halogens is 3. The predicted octanol–water partition coefficient (Wildman–Crippen LogP) is 1.23. The van der Waals surface area contributed by atoms with Crippen molar-refractivity contribution in [2.45, 2.75) is 25.1 Å². The lowest BCUT2D eigenvalue weighted by Gasteiger charge is -2.23. The fraction of sp³-hybridized carbons (Fsp3) is 0.545. The average molecular weight is 289 g/mol. The van der Waals surface area contributed by atoms with Crippen molar-refractivity contribution in [3.05, 3.63) is 11.8 Å². The Morgan fingerprint density at radius 3 is 2.75 bits per heavy atom. The summed E-state index contributed by atoms with van der Waals surface area (Å²) in [6.45, 7) is 0.580. The molecule has 2 heterocycles. The van der Waals surface area contributed by atoms with Crippen molar-refractivity contribution in [3.63, 3.8) is 0 Å². The van der Waals surface area contributed by atoms with Crippen LogP contribution in [0.1, 0.15) is 18.5 Å². The quantitative estimate of drug-likeness (QED) is 0.780. The number of anilines is 2. The number of aromatic nitrogens is 2. The molecular weight excluding hydrogens is 275 g/mol. The van der Waals surface area contributed by atoms with Crippen LogP contribution in [0.3, 0.4) is 0 Å². The van der Waals surface area contributed by atoms with Crippen molar-refractivity contribution in [2.24, 2.45) is 0 Å². The summed E-state index contributed by atoms with van der Waals surface area (Å²) in [4.78, 5) is 18.8. The first-order valence-corrected chi connectivity index (χ1v) is 6.08. The van der Waals surface area contributed by atoms with Gasteiger partial charge in [0.15, 0.2) is 5.69 Å². The van der Waals surface area contributed by atoms with Gasteiger partial charge >= 0.3 is 6.18 Å². The van der Waals surface area contributed by atoms with Crippen LogP contribution >= 0.6 is 0 Å². The number of nitrogens with zero attached hydrogens (tertiary/aromatic N) is 2. The van der Waals surface area contributed by atoms with Crippen molar-refractivity contribution in [1.29, 1.82) is 0 Å². The van der Waals surface area contributed by atoms with E-state index in [4.69, 9.17) is 0 Å². The van der Waals surface area contributed by atoms with E-state index in [1.54, 1.807) is 0 Å². The Balaban J connectivity index is 2.24. The Morgan fingerprint density at radius 2 is 2.15 bits per heavy atom. The first-order chi connectivity index (χ1) is 9.40. The third-order valence-corrected chi connectivity index (χ3v) is 2.85. The summed E-state index contributed by atoms with van der Waals surface area (Å²) in [6.07, 6.45) is -3.26. The lowest BCUT2D eigenvalue weighted by atomic mass is 10.1. The standard InChI is InChI=1S/C11H14F3N5O/c1-15-10-18-7(11(12,13)14)5-8(19-10)17-6-3-2-4-16-9(6)20/h5-6H,2-4H2,1H3,(H,16,20)(H2,15,17,18,19). The summed E-state index contributed by atoms with van der Waals surface area (Å²) in [5.74, 6) is -0.424. The first kappa shape index (κ1) is 14.4. The van der Waals surface area contributed by atoms with Gasteiger partial charge in [-0.2, -0.15) is 18.2 Å². The molecule has 2 rings (SSSR count). The second kappa shape index (κ2) is 5.51. The molecule has 0 aliphatic carbocycles. The number of amides is 1. The molecule has 1 saturated heterocycles. The van der Waals surface area contributed by atoms with E-state index in [9.17, 15) is 18.0 Å². The van der Waals surface area contributed by atoms with Crippen LogP contribution in [0.15, 0.2) is 6.07 Å². The van der Waals surface area contributed by atoms with Crippen LogP contribution < -0.4 is 16.0 Å². The van der Waals surface area contributed by atoms with Crippen LogP contribution in [0.25, 0.3) is 0 Å². The van der Waals surface area contributed by atoms with Gasteiger partial charge in [0, 0.05) is 19.7 Å². The predicted molar refractivity (Wildman–Crippen MR) is 66.2 cm³/mol. The molecule has 1 aliphatic heterocycles. The Kier molecular flexibility index (Phi) is 3.96. The summed E-state index contributed by atoms with van der Waals surface area (Å²) in [7, 11) is 1.42. The Bertz CT molecular complexity index is 505. The summed E-state index contributed by atoms with van der Waals surface area (Å²) in [5, 5.41) is 7.82. The van der Waals surface area contributed by atoms with Crippen molar-refractivity contribution < 1.29 is 18.0 Å². The second-order valence-electron chi connectivity index (χ2n) is 4.34. The van der Waals surface area contributed by atoms with E-state index >= 15 is 0 Å². The van der Waals surface area contributed by atoms with Crippen LogP contribution in [0, 0.1) is 0 Å². The van der Waals surface area contributed by atoms with Crippen LogP contribution in [-0.2, 0) is 11.0 Å². The van der Waals surface area contributed by atoms with Crippen molar-refractivity contribution in [2.75, 3.05) is 24.2 Å². The molecule has 0 aromatic carbocycles. The number of rotatable bonds is 3. The highest BCUT2D eigenvalue weighted by Crippen LogP contribution is 2.29. The maximum atomic E-state index is 12.7. The van der Waals surface area contributed by atoms with Gasteiger partial charge in [0.1, 0.15) is 11.9 Å². The van der Waals surface area contributed by atoms with Gasteiger partial charge in [0.25, 0.3) is 0 Å². The Morgan fingerprint density at radius 1 is 1.40 bits per heavy atom. The molecule has 1 aromatic rings. The minimum atomic E-state index is -4.57. The van der Waals surface area contributed by atoms with Gasteiger partial charge in [0.05, 0.1) is 0 Å². The van der Waals surface area contributed by atoms with Gasteiger partial charge in [-0.25, -0.2) is 4.98 Å². The molecule has 1 aromatic heterocycles. The highest BCUT2D eigenvalue weighted by Gasteiger charge is 2.34. The number of alkyl halides is 3. The van der Waals surface area contributed by atoms with E-state index in [0.29, 0.717) is 13.0 Å². The van der Waals surface area contributed by atoms with E-state index in [2.05, 4.69) is 25.9 Å². The third kappa shape index (κ3) is 3.28. The number of nitrogens with one attached hydrogen (secondary N) is 3. The highest BCUT2D eigenvalue weighted by atomic mass is 19.4. The highest BCUT2D eigenvalue weighted by molar-refractivity contribution is 5.85. The number of piperidine rings is 1. The van der Waals surface area contributed by atoms with E-state index in [-0.39, 0.29) is 17.7 Å². The maximum Gasteiger partial charge on any atom is 0.433 e. The second-order valence-corrected chi connectivity index (χ2v) is 4.34. The summed E-state index contributed by atoms with van der Waals surface area (Å²) in [6, 6.07) is 0.215. The molecular formula is C11H14F3N5O. The Hall–Kier alpha value is -2.06. The molecule has 9 heteroatoms. The first-order valence-electron chi connectivity index (χ1n) is 6.08. The molecule has 1 atom stereocenters. The van der Waals surface area contributed by atoms with E-state index < -0.39 is 17.9 Å². The topological polar surface area (TPSA) is 78.9 Å². The van der Waals surface area contributed by atoms with Crippen molar-refractivity contribution >= 4 is 17.7 Å². The van der Waals surface area contributed by atoms with Crippen molar-refractivity contribution in [1.82, 2.24) is 15.3 Å². The zero-order chi connectivity index (χ0) is 14.8. The number of carbonyl (C=O) groups excluding carboxylic acids is 1. The zero-order valence-corrected chi connectivity index (χ0v) is 10.7. The van der Waals surface area contributed by atoms with E-state index in [1.807, 2.05) is 0 Å². The molecule has 6 nitrogen and oxygen atoms in total. The lowest BCUT2D eigenvalue weighted by molar-refractivity contribution is -0.141. The molecule has 1 fully saturated rings. The minimum absolute atomic E-state index is 0.0290. The van der Waals surface area contributed by atoms with Crippen molar-refractivity contribution in [3.8, 4) is 0 Å². The molecule has 110 valence electrons. The normalized spacial score (nSPS) is 19.4. The van der Waals surface area contributed by atoms with Crippen LogP contribution in [0.2, 0.25) is 0 Å². The molecule has 0 bridgehead atoms. The zero-order valence-electron chi connectivity index (χ0n) is 10.7. The molecule has 1 unspecified atom stereocenters. The van der Waals surface area contributed by atoms with Gasteiger partial charge < -0.3 is 16.0 Å². The molecule has 1 amide bonds. The van der Waals surface area contributed by atoms with Gasteiger partial charge in [-0.1, -0.05) is 0 Å². The number of hydrogen-bond acceptors (Lipinski definition) is 5. The van der Waals surface area contributed by atoms with Gasteiger partial charge in [-0.3, -0.25) is 4.79 Å². The fourth-order valence-corrected chi connectivity index (χ4v) is 1.87. The van der Waals surface area contributed by atoms with Gasteiger partial charge in [0.2, 0.25) is 11.9 Å². The summed E-state index contributed by atoms with van der Waals surface area (Å²) in [5.41, 5.74) is -1.06. The molecule has 0 radical (unpaired) electrons. The fourth-order valence-electron chi connectivity index (χ4n) is 1.87. The number of hydrogen-bond donors (Lipinski definition) is 3. The third-order valence-electron chi connectivity index (χ3n) is 2.85. The van der Waals surface area contributed by atoms with Crippen LogP contribution in [0.5, 0.6) is 0 Å². The largest absolute Gasteiger partial charge is 0.433 e. The summed E-state index contributed by atoms with van der Waals surface area (Å²) < 4.78 is 38.1. The summed E-state index contributed by atoms with van der Waals surface area (Å²) >= 11 is 0. The Labute approximate surface area is 113 Å². The van der Waals surface area contributed by atoms with Gasteiger partial charge in [-0.05, 0) is 12.8 Å². The number of carbonyl (C=O) groups is 1. The lowest BCUT2D eigenvalue weighted by Crippen LogP contribution is -2.44. The molecule has 3 N–H and O–H groups in total. The van der Waals surface area contributed by atoms with Crippen LogP contribution in [-0.4, -0.2) is 35.5 Å². The smallest absolute Gasteiger partial charge is 0.358 e. The molecule has 0 spiro atoms. The molecule has 1 aliphatic rings. The van der Waals surface area contributed by atoms with E-state index in [1.165, 1.54) is 7.05 Å². The molecule has 0 saturated carbocycles. The minimum Gasteiger partial charge on any atom is -0.358 e. The average Bonchev–Trinajstić information content (AvgIpc) is 2.40. The maximum absolute atomic E-state index is 12.7. The monoisotopic (exact) mass is 289 g/mol. The van der Waals surface area contributed by atoms with E-state index in [0.717, 1.165) is 12.5 Å². The van der Waals surface area contributed by atoms with Crippen LogP contribution in [0.4, 0.5) is 24.9 Å². The van der Waals surface area contributed by atoms with Gasteiger partial charge in [-0.15, -0.1) is 0 Å².